The van der Waals surface area contributed by atoms with E-state index in [1.807, 2.05) is 60.7 Å². The molecule has 0 aromatic heterocycles. The summed E-state index contributed by atoms with van der Waals surface area (Å²) in [5.41, 5.74) is 1.59. The van der Waals surface area contributed by atoms with Crippen LogP contribution in [0.5, 0.6) is 0 Å². The Bertz CT molecular complexity index is 950. The third kappa shape index (κ3) is 4.65. The van der Waals surface area contributed by atoms with Gasteiger partial charge in [-0.3, -0.25) is 0 Å². The van der Waals surface area contributed by atoms with Crippen LogP contribution in [-0.4, -0.2) is 22.8 Å². The van der Waals surface area contributed by atoms with Gasteiger partial charge < -0.3 is 5.21 Å². The van der Waals surface area contributed by atoms with Crippen molar-refractivity contribution in [1.82, 2.24) is 5.06 Å². The van der Waals surface area contributed by atoms with E-state index in [0.29, 0.717) is 5.56 Å². The van der Waals surface area contributed by atoms with Gasteiger partial charge >= 0.3 is 0 Å². The molecule has 1 N–H and O–H groups in total. The summed E-state index contributed by atoms with van der Waals surface area (Å²) in [5, 5.41) is 11.9. The number of hydrogen-bond donors (Lipinski definition) is 1. The molecule has 3 aromatic rings. The van der Waals surface area contributed by atoms with Crippen molar-refractivity contribution in [1.29, 1.82) is 0 Å². The molecule has 0 unspecified atom stereocenters. The van der Waals surface area contributed by atoms with Crippen LogP contribution in [0.1, 0.15) is 17.2 Å². The number of hydroxylamine groups is 2. The van der Waals surface area contributed by atoms with Crippen LogP contribution in [-0.2, 0) is 16.4 Å². The molecule has 0 spiro atoms. The highest BCUT2D eigenvalue weighted by atomic mass is 79.9. The maximum atomic E-state index is 13.1. The molecular weight excluding hydrogens is 426 g/mol. The minimum absolute atomic E-state index is 0.201. The first-order valence-corrected chi connectivity index (χ1v) is 10.9. The van der Waals surface area contributed by atoms with E-state index in [2.05, 4.69) is 15.9 Å². The smallest absolute Gasteiger partial charge is 0.193 e. The first-order valence-electron chi connectivity index (χ1n) is 8.47. The number of rotatable bonds is 7. The topological polar surface area (TPSA) is 57.6 Å². The molecule has 0 bridgehead atoms. The Morgan fingerprint density at radius 2 is 1.30 bits per heavy atom. The Morgan fingerprint density at radius 1 is 0.815 bits per heavy atom. The molecule has 0 amide bonds. The van der Waals surface area contributed by atoms with Crippen LogP contribution in [0.4, 0.5) is 0 Å². The molecule has 0 aliphatic heterocycles. The summed E-state index contributed by atoms with van der Waals surface area (Å²) in [4.78, 5) is 0.209. The number of hydrogen-bond acceptors (Lipinski definition) is 4. The number of sulfone groups is 1. The average molecular weight is 446 g/mol. The molecule has 140 valence electrons. The third-order valence-corrected chi connectivity index (χ3v) is 8.02. The first kappa shape index (κ1) is 19.8. The molecular formula is C21H20BrNO3S. The molecule has 0 heterocycles. The van der Waals surface area contributed by atoms with Crippen LogP contribution in [0.15, 0.2) is 95.9 Å². The molecule has 27 heavy (non-hydrogen) atoms. The summed E-state index contributed by atoms with van der Waals surface area (Å²) in [6.45, 7) is 0.201. The minimum Gasteiger partial charge on any atom is -0.313 e. The minimum atomic E-state index is -3.71. The lowest BCUT2D eigenvalue weighted by Crippen LogP contribution is -2.35. The Balaban J connectivity index is 1.97. The van der Waals surface area contributed by atoms with Gasteiger partial charge in [0.05, 0.1) is 10.9 Å². The normalized spacial score (nSPS) is 14.0. The van der Waals surface area contributed by atoms with E-state index in [0.717, 1.165) is 10.6 Å². The second-order valence-electron chi connectivity index (χ2n) is 6.15. The molecule has 3 rings (SSSR count). The summed E-state index contributed by atoms with van der Waals surface area (Å²) in [5.74, 6) is 0. The molecule has 4 nitrogen and oxygen atoms in total. The van der Waals surface area contributed by atoms with Crippen molar-refractivity contribution < 1.29 is 13.6 Å². The van der Waals surface area contributed by atoms with E-state index in [4.69, 9.17) is 0 Å². The highest BCUT2D eigenvalue weighted by Crippen LogP contribution is 2.35. The molecule has 2 atom stereocenters. The van der Waals surface area contributed by atoms with Crippen molar-refractivity contribution >= 4 is 25.8 Å². The van der Waals surface area contributed by atoms with Crippen molar-refractivity contribution in [2.75, 3.05) is 0 Å². The van der Waals surface area contributed by atoms with E-state index in [1.54, 1.807) is 30.3 Å². The molecule has 0 fully saturated rings. The van der Waals surface area contributed by atoms with Crippen molar-refractivity contribution in [3.8, 4) is 0 Å². The van der Waals surface area contributed by atoms with Gasteiger partial charge in [-0.05, 0) is 23.3 Å². The fourth-order valence-electron chi connectivity index (χ4n) is 2.89. The summed E-state index contributed by atoms with van der Waals surface area (Å²) < 4.78 is 25.2. The number of benzene rings is 3. The maximum Gasteiger partial charge on any atom is 0.193 e. The number of nitrogens with zero attached hydrogens (tertiary/aromatic N) is 1. The summed E-state index contributed by atoms with van der Waals surface area (Å²) in [7, 11) is -3.71. The fraction of sp³-hybridized carbons (Fsp3) is 0.143. The molecule has 6 heteroatoms. The van der Waals surface area contributed by atoms with Gasteiger partial charge in [-0.25, -0.2) is 8.42 Å². The molecule has 0 radical (unpaired) electrons. The van der Waals surface area contributed by atoms with Crippen molar-refractivity contribution in [3.63, 3.8) is 0 Å². The van der Waals surface area contributed by atoms with Gasteiger partial charge in [0.2, 0.25) is 0 Å². The lowest BCUT2D eigenvalue weighted by molar-refractivity contribution is -0.133. The SMILES string of the molecule is O=S(=O)(c1ccccc1)[C@@H](Br)[C@@H](c1ccccc1)N(O)Cc1ccccc1. The van der Waals surface area contributed by atoms with Gasteiger partial charge in [0.25, 0.3) is 0 Å². The fourth-order valence-corrected chi connectivity index (χ4v) is 5.55. The quantitative estimate of drug-likeness (QED) is 0.418. The zero-order valence-electron chi connectivity index (χ0n) is 14.5. The van der Waals surface area contributed by atoms with Crippen molar-refractivity contribution in [2.24, 2.45) is 0 Å². The van der Waals surface area contributed by atoms with Gasteiger partial charge in [-0.15, -0.1) is 0 Å². The van der Waals surface area contributed by atoms with Crippen molar-refractivity contribution in [3.05, 3.63) is 102 Å². The lowest BCUT2D eigenvalue weighted by atomic mass is 10.1. The van der Waals surface area contributed by atoms with E-state index in [-0.39, 0.29) is 11.4 Å². The van der Waals surface area contributed by atoms with Crippen LogP contribution in [0.3, 0.4) is 0 Å². The number of alkyl halides is 1. The van der Waals surface area contributed by atoms with E-state index < -0.39 is 20.0 Å². The van der Waals surface area contributed by atoms with Gasteiger partial charge in [0, 0.05) is 6.54 Å². The standard InChI is InChI=1S/C21H20BrNO3S/c22-21(27(25,26)19-14-8-3-9-15-19)20(18-12-6-2-7-13-18)23(24)16-17-10-4-1-5-11-17/h1-15,20-21,24H,16H2/t20-,21-/m1/s1. The largest absolute Gasteiger partial charge is 0.313 e. The van der Waals surface area contributed by atoms with Crippen LogP contribution < -0.4 is 0 Å². The summed E-state index contributed by atoms with van der Waals surface area (Å²) >= 11 is 3.36. The number of halogens is 1. The molecule has 0 aliphatic carbocycles. The summed E-state index contributed by atoms with van der Waals surface area (Å²) in [6.07, 6.45) is 0. The predicted octanol–water partition coefficient (Wildman–Crippen LogP) is 4.81. The van der Waals surface area contributed by atoms with Gasteiger partial charge in [-0.2, -0.15) is 5.06 Å². The Morgan fingerprint density at radius 3 is 1.85 bits per heavy atom. The van der Waals surface area contributed by atoms with Crippen molar-refractivity contribution in [2.45, 2.75) is 21.6 Å². The molecule has 3 aromatic carbocycles. The van der Waals surface area contributed by atoms with Crippen LogP contribution >= 0.6 is 15.9 Å². The Hall–Kier alpha value is -1.99. The maximum absolute atomic E-state index is 13.1. The van der Waals surface area contributed by atoms with Crippen LogP contribution in [0, 0.1) is 0 Å². The Kier molecular flexibility index (Phi) is 6.44. The third-order valence-electron chi connectivity index (χ3n) is 4.27. The zero-order chi connectivity index (χ0) is 19.3. The summed E-state index contributed by atoms with van der Waals surface area (Å²) in [6, 6.07) is 26.1. The van der Waals surface area contributed by atoms with Gasteiger partial charge in [0.15, 0.2) is 9.84 Å². The monoisotopic (exact) mass is 445 g/mol. The lowest BCUT2D eigenvalue weighted by Gasteiger charge is -2.30. The van der Waals surface area contributed by atoms with E-state index in [1.165, 1.54) is 0 Å². The van der Waals surface area contributed by atoms with Crippen LogP contribution in [0.2, 0.25) is 0 Å². The molecule has 0 aliphatic rings. The second-order valence-corrected chi connectivity index (χ2v) is 9.81. The average Bonchev–Trinajstić information content (AvgIpc) is 2.70. The van der Waals surface area contributed by atoms with E-state index >= 15 is 0 Å². The molecule has 0 saturated carbocycles. The Labute approximate surface area is 168 Å². The van der Waals surface area contributed by atoms with E-state index in [9.17, 15) is 13.6 Å². The second kappa shape index (κ2) is 8.80. The van der Waals surface area contributed by atoms with Gasteiger partial charge in [-0.1, -0.05) is 94.8 Å². The predicted molar refractivity (Wildman–Crippen MR) is 109 cm³/mol. The zero-order valence-corrected chi connectivity index (χ0v) is 16.9. The molecule has 0 saturated heterocycles. The van der Waals surface area contributed by atoms with Crippen LogP contribution in [0.25, 0.3) is 0 Å². The van der Waals surface area contributed by atoms with Gasteiger partial charge in [0.1, 0.15) is 4.16 Å². The first-order chi connectivity index (χ1) is 13.0. The highest BCUT2D eigenvalue weighted by molar-refractivity contribution is 9.11. The highest BCUT2D eigenvalue weighted by Gasteiger charge is 2.37.